The van der Waals surface area contributed by atoms with Gasteiger partial charge >= 0.3 is 7.60 Å². The summed E-state index contributed by atoms with van der Waals surface area (Å²) in [4.78, 5) is 10.7. The fourth-order valence-corrected chi connectivity index (χ4v) is 8.03. The monoisotopic (exact) mass is 688 g/mol. The van der Waals surface area contributed by atoms with Crippen LogP contribution in [0.1, 0.15) is 226 Å². The Morgan fingerprint density at radius 3 is 0.957 bits per heavy atom. The Kier molecular flexibility index (Phi) is 38.0. The van der Waals surface area contributed by atoms with Crippen molar-refractivity contribution < 1.29 is 23.6 Å². The smallest absolute Gasteiger partial charge is 0.309 e. The minimum atomic E-state index is -3.22. The van der Waals surface area contributed by atoms with E-state index >= 15 is 0 Å². The third-order valence-corrected chi connectivity index (χ3v) is 11.5. The number of nitrogens with zero attached hydrogens (tertiary/aromatic N) is 1. The van der Waals surface area contributed by atoms with Crippen molar-refractivity contribution in [2.24, 2.45) is 0 Å². The zero-order chi connectivity index (χ0) is 34.4. The molecule has 0 fully saturated rings. The van der Waals surface area contributed by atoms with Crippen LogP contribution in [0.2, 0.25) is 0 Å². The summed E-state index contributed by atoms with van der Waals surface area (Å²) in [7, 11) is -3.22. The van der Waals surface area contributed by atoms with E-state index in [-0.39, 0.29) is 12.7 Å². The highest BCUT2D eigenvalue weighted by Crippen LogP contribution is 2.49. The van der Waals surface area contributed by atoms with Gasteiger partial charge in [0, 0.05) is 6.54 Å². The van der Waals surface area contributed by atoms with E-state index in [2.05, 4.69) is 13.8 Å². The van der Waals surface area contributed by atoms with E-state index in [1.54, 1.807) is 0 Å². The van der Waals surface area contributed by atoms with E-state index in [0.29, 0.717) is 31.1 Å². The highest BCUT2D eigenvalue weighted by Gasteiger charge is 2.24. The number of carbonyl (C=O) groups excluding carboxylic acids is 1. The summed E-state index contributed by atoms with van der Waals surface area (Å²) < 4.78 is 25.0. The number of hydrogen-bond acceptors (Lipinski definition) is 5. The van der Waals surface area contributed by atoms with E-state index in [9.17, 15) is 14.6 Å². The Morgan fingerprint density at radius 2 is 0.702 bits per heavy atom. The van der Waals surface area contributed by atoms with Gasteiger partial charge < -0.3 is 9.05 Å². The van der Waals surface area contributed by atoms with E-state index in [4.69, 9.17) is 9.05 Å². The van der Waals surface area contributed by atoms with E-state index < -0.39 is 7.60 Å². The summed E-state index contributed by atoms with van der Waals surface area (Å²) in [6, 6.07) is 0. The van der Waals surface area contributed by atoms with Crippen LogP contribution >= 0.6 is 7.60 Å². The van der Waals surface area contributed by atoms with Crippen molar-refractivity contribution in [2.45, 2.75) is 226 Å². The van der Waals surface area contributed by atoms with Crippen molar-refractivity contribution in [3.63, 3.8) is 0 Å². The number of hydroxylamine groups is 2. The predicted molar refractivity (Wildman–Crippen MR) is 203 cm³/mol. The van der Waals surface area contributed by atoms with Crippen LogP contribution in [-0.4, -0.2) is 42.6 Å². The minimum Gasteiger partial charge on any atom is -0.309 e. The fraction of sp³-hybridized carbons (Fsp3) is 0.975. The molecule has 282 valence electrons. The summed E-state index contributed by atoms with van der Waals surface area (Å²) >= 11 is 0. The Labute approximate surface area is 293 Å². The quantitative estimate of drug-likeness (QED) is 0.0228. The predicted octanol–water partition coefficient (Wildman–Crippen LogP) is 14.0. The second-order valence-corrected chi connectivity index (χ2v) is 16.4. The van der Waals surface area contributed by atoms with Gasteiger partial charge in [-0.05, 0) is 19.3 Å². The summed E-state index contributed by atoms with van der Waals surface area (Å²) in [6.45, 7) is 5.59. The molecule has 7 heteroatoms. The maximum absolute atomic E-state index is 13.4. The largest absolute Gasteiger partial charge is 0.330 e. The highest BCUT2D eigenvalue weighted by atomic mass is 31.2. The first-order valence-corrected chi connectivity index (χ1v) is 22.6. The van der Waals surface area contributed by atoms with Crippen molar-refractivity contribution in [1.29, 1.82) is 0 Å². The van der Waals surface area contributed by atoms with Crippen LogP contribution < -0.4 is 0 Å². The van der Waals surface area contributed by atoms with Crippen LogP contribution in [0, 0.1) is 0 Å². The van der Waals surface area contributed by atoms with Crippen LogP contribution in [0.4, 0.5) is 0 Å². The zero-order valence-electron chi connectivity index (χ0n) is 31.7. The van der Waals surface area contributed by atoms with Crippen molar-refractivity contribution in [3.05, 3.63) is 0 Å². The van der Waals surface area contributed by atoms with E-state index in [1.165, 1.54) is 180 Å². The molecule has 1 amide bonds. The van der Waals surface area contributed by atoms with Crippen molar-refractivity contribution >= 4 is 14.0 Å². The van der Waals surface area contributed by atoms with Gasteiger partial charge in [0.15, 0.2) is 0 Å². The van der Waals surface area contributed by atoms with Gasteiger partial charge in [-0.2, -0.15) is 0 Å². The zero-order valence-corrected chi connectivity index (χ0v) is 32.6. The average molecular weight is 688 g/mol. The molecular formula is C40H82NO5P. The van der Waals surface area contributed by atoms with E-state index in [1.807, 2.05) is 0 Å². The van der Waals surface area contributed by atoms with Crippen molar-refractivity contribution in [2.75, 3.05) is 25.9 Å². The molecule has 0 bridgehead atoms. The molecule has 0 aliphatic carbocycles. The number of unbranched alkanes of at least 4 members (excludes halogenated alkanes) is 30. The average Bonchev–Trinajstić information content (AvgIpc) is 3.07. The summed E-state index contributed by atoms with van der Waals surface area (Å²) in [5, 5.41) is 10.0. The first-order valence-electron chi connectivity index (χ1n) is 20.9. The molecule has 0 radical (unpaired) electrons. The summed E-state index contributed by atoms with van der Waals surface area (Å²) in [5.41, 5.74) is 0. The standard InChI is InChI=1S/C40H82NO5P/c1-3-5-7-9-11-13-15-17-19-21-23-25-27-29-31-33-37-45-47(44,39-35-36-41(43)40-42)46-38-34-32-30-28-26-24-22-20-18-16-14-12-10-8-6-4-2/h40,43H,3-39H2,1-2H3. The molecular weight excluding hydrogens is 605 g/mol. The van der Waals surface area contributed by atoms with Crippen LogP contribution in [0.5, 0.6) is 0 Å². The van der Waals surface area contributed by atoms with Crippen LogP contribution in [0.25, 0.3) is 0 Å². The molecule has 0 aromatic heterocycles. The molecule has 47 heavy (non-hydrogen) atoms. The molecule has 0 rings (SSSR count). The van der Waals surface area contributed by atoms with Gasteiger partial charge in [0.25, 0.3) is 0 Å². The normalized spacial score (nSPS) is 11.8. The lowest BCUT2D eigenvalue weighted by Crippen LogP contribution is -2.19. The number of carbonyl (C=O) groups is 1. The van der Waals surface area contributed by atoms with Crippen molar-refractivity contribution in [3.8, 4) is 0 Å². The molecule has 1 N–H and O–H groups in total. The molecule has 0 aromatic carbocycles. The highest BCUT2D eigenvalue weighted by molar-refractivity contribution is 7.53. The Balaban J connectivity index is 3.82. The molecule has 0 aliphatic rings. The van der Waals surface area contributed by atoms with Gasteiger partial charge in [0.2, 0.25) is 6.41 Å². The van der Waals surface area contributed by atoms with Gasteiger partial charge in [-0.25, -0.2) is 5.06 Å². The molecule has 6 nitrogen and oxygen atoms in total. The second-order valence-electron chi connectivity index (χ2n) is 14.2. The SMILES string of the molecule is CCCCCCCCCCCCCCCCCCOP(=O)(CCCN(O)C=O)OCCCCCCCCCCCCCCCCCC. The van der Waals surface area contributed by atoms with Crippen LogP contribution in [0.15, 0.2) is 0 Å². The molecule has 0 saturated carbocycles. The molecule has 0 unspecified atom stereocenters. The molecule has 0 spiro atoms. The molecule has 0 heterocycles. The van der Waals surface area contributed by atoms with Gasteiger partial charge in [0.05, 0.1) is 19.4 Å². The molecule has 0 aliphatic heterocycles. The van der Waals surface area contributed by atoms with Gasteiger partial charge in [-0.3, -0.25) is 14.6 Å². The first-order chi connectivity index (χ1) is 23.1. The fourth-order valence-electron chi connectivity index (χ4n) is 6.35. The number of hydrogen-bond donors (Lipinski definition) is 1. The lowest BCUT2D eigenvalue weighted by molar-refractivity contribution is -0.149. The minimum absolute atomic E-state index is 0.137. The van der Waals surface area contributed by atoms with Crippen LogP contribution in [-0.2, 0) is 18.4 Å². The third kappa shape index (κ3) is 36.7. The lowest BCUT2D eigenvalue weighted by atomic mass is 10.0. The molecule has 0 aromatic rings. The number of amides is 1. The Morgan fingerprint density at radius 1 is 0.447 bits per heavy atom. The maximum atomic E-state index is 13.4. The summed E-state index contributed by atoms with van der Waals surface area (Å²) in [6.07, 6.45) is 43.2. The van der Waals surface area contributed by atoms with E-state index in [0.717, 1.165) is 25.7 Å². The Bertz CT molecular complexity index is 623. The first kappa shape index (κ1) is 46.6. The molecule has 0 atom stereocenters. The van der Waals surface area contributed by atoms with Crippen LogP contribution in [0.3, 0.4) is 0 Å². The third-order valence-electron chi connectivity index (χ3n) is 9.51. The van der Waals surface area contributed by atoms with Gasteiger partial charge in [-0.1, -0.05) is 206 Å². The summed E-state index contributed by atoms with van der Waals surface area (Å²) in [5.74, 6) is 0. The second kappa shape index (κ2) is 38.4. The van der Waals surface area contributed by atoms with Gasteiger partial charge in [-0.15, -0.1) is 0 Å². The van der Waals surface area contributed by atoms with Crippen molar-refractivity contribution in [1.82, 2.24) is 5.06 Å². The molecule has 0 saturated heterocycles. The Hall–Kier alpha value is -0.420. The maximum Gasteiger partial charge on any atom is 0.330 e. The number of rotatable bonds is 41. The lowest BCUT2D eigenvalue weighted by Gasteiger charge is -2.19. The topological polar surface area (TPSA) is 76.1 Å². The van der Waals surface area contributed by atoms with Gasteiger partial charge in [0.1, 0.15) is 0 Å².